The molecule has 4 rings (SSSR count). The minimum absolute atomic E-state index is 0.201. The lowest BCUT2D eigenvalue weighted by atomic mass is 10.1. The third-order valence-electron chi connectivity index (χ3n) is 4.17. The summed E-state index contributed by atoms with van der Waals surface area (Å²) >= 11 is 0. The largest absolute Gasteiger partial charge is 0.357 e. The molecule has 2 aliphatic heterocycles. The Bertz CT molecular complexity index is 700. The van der Waals surface area contributed by atoms with E-state index in [4.69, 9.17) is 0 Å². The van der Waals surface area contributed by atoms with Crippen molar-refractivity contribution in [2.45, 2.75) is 19.3 Å². The van der Waals surface area contributed by atoms with Gasteiger partial charge in [0, 0.05) is 31.3 Å². The van der Waals surface area contributed by atoms with Crippen LogP contribution in [0.1, 0.15) is 24.0 Å². The average molecular weight is 281 g/mol. The fourth-order valence-electron chi connectivity index (χ4n) is 3.03. The highest BCUT2D eigenvalue weighted by Crippen LogP contribution is 2.29. The number of pyridine rings is 1. The fraction of sp³-hybridized carbons (Fsp3) is 0.294. The van der Waals surface area contributed by atoms with Crippen molar-refractivity contribution in [1.82, 2.24) is 4.98 Å². The summed E-state index contributed by atoms with van der Waals surface area (Å²) in [6, 6.07) is 8.90. The summed E-state index contributed by atoms with van der Waals surface area (Å²) in [6.07, 6.45) is 5.06. The minimum atomic E-state index is -0.201. The molecule has 0 atom stereocenters. The molecule has 0 N–H and O–H groups in total. The molecule has 1 aromatic carbocycles. The van der Waals surface area contributed by atoms with E-state index in [-0.39, 0.29) is 5.82 Å². The minimum Gasteiger partial charge on any atom is -0.357 e. The predicted molar refractivity (Wildman–Crippen MR) is 82.0 cm³/mol. The SMILES string of the molecule is Fc1ccc2c(c1)CC(c1ccc(N3CCCC3)nc1)=N2. The van der Waals surface area contributed by atoms with Crippen LogP contribution in [0.15, 0.2) is 41.5 Å². The molecule has 0 spiro atoms. The van der Waals surface area contributed by atoms with Gasteiger partial charge in [-0.3, -0.25) is 4.99 Å². The molecular weight excluding hydrogens is 265 g/mol. The van der Waals surface area contributed by atoms with Gasteiger partial charge in [0.2, 0.25) is 0 Å². The zero-order valence-electron chi connectivity index (χ0n) is 11.7. The number of aliphatic imine (C=N–C) groups is 1. The lowest BCUT2D eigenvalue weighted by Gasteiger charge is -2.16. The van der Waals surface area contributed by atoms with Crippen molar-refractivity contribution in [2.75, 3.05) is 18.0 Å². The van der Waals surface area contributed by atoms with Gasteiger partial charge in [0.15, 0.2) is 0 Å². The number of halogens is 1. The topological polar surface area (TPSA) is 28.5 Å². The number of hydrogen-bond acceptors (Lipinski definition) is 3. The first kappa shape index (κ1) is 12.5. The molecule has 1 aromatic heterocycles. The number of hydrogen-bond donors (Lipinski definition) is 0. The highest BCUT2D eigenvalue weighted by atomic mass is 19.1. The number of benzene rings is 1. The van der Waals surface area contributed by atoms with Crippen LogP contribution in [0, 0.1) is 5.82 Å². The van der Waals surface area contributed by atoms with Crippen LogP contribution in [0.3, 0.4) is 0 Å². The van der Waals surface area contributed by atoms with Gasteiger partial charge in [-0.25, -0.2) is 9.37 Å². The molecule has 0 unspecified atom stereocenters. The number of aromatic nitrogens is 1. The van der Waals surface area contributed by atoms with E-state index in [1.165, 1.54) is 18.9 Å². The first-order valence-corrected chi connectivity index (χ1v) is 7.37. The Balaban J connectivity index is 1.58. The van der Waals surface area contributed by atoms with Crippen LogP contribution in [-0.4, -0.2) is 23.8 Å². The second-order valence-electron chi connectivity index (χ2n) is 5.61. The lowest BCUT2D eigenvalue weighted by molar-refractivity contribution is 0.626. The van der Waals surface area contributed by atoms with Crippen molar-refractivity contribution in [3.63, 3.8) is 0 Å². The van der Waals surface area contributed by atoms with Gasteiger partial charge >= 0.3 is 0 Å². The van der Waals surface area contributed by atoms with Crippen molar-refractivity contribution in [1.29, 1.82) is 0 Å². The van der Waals surface area contributed by atoms with Crippen LogP contribution in [0.5, 0.6) is 0 Å². The zero-order chi connectivity index (χ0) is 14.2. The molecule has 0 radical (unpaired) electrons. The van der Waals surface area contributed by atoms with Crippen LogP contribution in [0.2, 0.25) is 0 Å². The maximum absolute atomic E-state index is 13.2. The van der Waals surface area contributed by atoms with Gasteiger partial charge < -0.3 is 4.90 Å². The summed E-state index contributed by atoms with van der Waals surface area (Å²) in [7, 11) is 0. The monoisotopic (exact) mass is 281 g/mol. The molecule has 0 bridgehead atoms. The van der Waals surface area contributed by atoms with Crippen LogP contribution in [0.4, 0.5) is 15.9 Å². The van der Waals surface area contributed by atoms with Crippen molar-refractivity contribution < 1.29 is 4.39 Å². The van der Waals surface area contributed by atoms with E-state index >= 15 is 0 Å². The van der Waals surface area contributed by atoms with E-state index in [0.717, 1.165) is 41.4 Å². The molecular formula is C17H16FN3. The number of rotatable bonds is 2. The third-order valence-corrected chi connectivity index (χ3v) is 4.17. The van der Waals surface area contributed by atoms with Gasteiger partial charge in [-0.1, -0.05) is 0 Å². The van der Waals surface area contributed by atoms with Gasteiger partial charge in [-0.15, -0.1) is 0 Å². The van der Waals surface area contributed by atoms with Crippen LogP contribution >= 0.6 is 0 Å². The highest BCUT2D eigenvalue weighted by Gasteiger charge is 2.18. The predicted octanol–water partition coefficient (Wildman–Crippen LogP) is 3.50. The Morgan fingerprint density at radius 2 is 1.90 bits per heavy atom. The Morgan fingerprint density at radius 1 is 1.05 bits per heavy atom. The van der Waals surface area contributed by atoms with Crippen molar-refractivity contribution in [3.8, 4) is 0 Å². The molecule has 3 heterocycles. The summed E-state index contributed by atoms with van der Waals surface area (Å²) < 4.78 is 13.2. The molecule has 4 heteroatoms. The first-order valence-electron chi connectivity index (χ1n) is 7.37. The van der Waals surface area contributed by atoms with E-state index in [0.29, 0.717) is 6.42 Å². The average Bonchev–Trinajstić information content (AvgIpc) is 3.16. The Morgan fingerprint density at radius 3 is 2.67 bits per heavy atom. The second-order valence-corrected chi connectivity index (χ2v) is 5.61. The molecule has 2 aromatic rings. The standard InChI is InChI=1S/C17H16FN3/c18-14-4-5-15-13(9-14)10-16(20-15)12-3-6-17(19-11-12)21-7-1-2-8-21/h3-6,9,11H,1-2,7-8,10H2. The van der Waals surface area contributed by atoms with Gasteiger partial charge in [-0.2, -0.15) is 0 Å². The van der Waals surface area contributed by atoms with E-state index < -0.39 is 0 Å². The van der Waals surface area contributed by atoms with E-state index in [9.17, 15) is 4.39 Å². The summed E-state index contributed by atoms with van der Waals surface area (Å²) in [4.78, 5) is 11.5. The van der Waals surface area contributed by atoms with E-state index in [2.05, 4.69) is 27.0 Å². The molecule has 106 valence electrons. The molecule has 1 fully saturated rings. The number of anilines is 1. The van der Waals surface area contributed by atoms with Crippen LogP contribution in [0.25, 0.3) is 0 Å². The van der Waals surface area contributed by atoms with Crippen molar-refractivity contribution in [3.05, 3.63) is 53.5 Å². The zero-order valence-corrected chi connectivity index (χ0v) is 11.7. The van der Waals surface area contributed by atoms with Crippen molar-refractivity contribution in [2.24, 2.45) is 4.99 Å². The molecule has 2 aliphatic rings. The van der Waals surface area contributed by atoms with E-state index in [1.54, 1.807) is 12.1 Å². The van der Waals surface area contributed by atoms with Gasteiger partial charge in [-0.05, 0) is 48.7 Å². The Labute approximate surface area is 123 Å². The summed E-state index contributed by atoms with van der Waals surface area (Å²) in [6.45, 7) is 2.19. The fourth-order valence-corrected chi connectivity index (χ4v) is 3.03. The maximum Gasteiger partial charge on any atom is 0.128 e. The number of nitrogens with zero attached hydrogens (tertiary/aromatic N) is 3. The van der Waals surface area contributed by atoms with Gasteiger partial charge in [0.1, 0.15) is 11.6 Å². The van der Waals surface area contributed by atoms with Gasteiger partial charge in [0.25, 0.3) is 0 Å². The molecule has 1 saturated heterocycles. The smallest absolute Gasteiger partial charge is 0.128 e. The normalized spacial score (nSPS) is 17.0. The summed E-state index contributed by atoms with van der Waals surface area (Å²) in [5.74, 6) is 0.839. The summed E-state index contributed by atoms with van der Waals surface area (Å²) in [5, 5.41) is 0. The second kappa shape index (κ2) is 4.95. The van der Waals surface area contributed by atoms with Gasteiger partial charge in [0.05, 0.1) is 11.4 Å². The maximum atomic E-state index is 13.2. The molecule has 0 aliphatic carbocycles. The van der Waals surface area contributed by atoms with E-state index in [1.807, 2.05) is 6.20 Å². The van der Waals surface area contributed by atoms with Crippen LogP contribution in [-0.2, 0) is 6.42 Å². The highest BCUT2D eigenvalue weighted by molar-refractivity contribution is 6.06. The molecule has 0 saturated carbocycles. The quantitative estimate of drug-likeness (QED) is 0.843. The summed E-state index contributed by atoms with van der Waals surface area (Å²) in [5.41, 5.74) is 3.81. The third kappa shape index (κ3) is 2.31. The van der Waals surface area contributed by atoms with Crippen LogP contribution < -0.4 is 4.90 Å². The number of fused-ring (bicyclic) bond motifs is 1. The molecule has 3 nitrogen and oxygen atoms in total. The molecule has 0 amide bonds. The van der Waals surface area contributed by atoms with Crippen molar-refractivity contribution >= 4 is 17.2 Å². The Kier molecular flexibility index (Phi) is 2.95. The Hall–Kier alpha value is -2.23. The lowest BCUT2D eigenvalue weighted by Crippen LogP contribution is -2.19. The molecule has 21 heavy (non-hydrogen) atoms. The first-order chi connectivity index (χ1) is 10.3.